The molecule has 7 nitrogen and oxygen atoms in total. The van der Waals surface area contributed by atoms with Crippen LogP contribution in [-0.2, 0) is 0 Å². The van der Waals surface area contributed by atoms with E-state index in [1.54, 1.807) is 50.6 Å². The first-order valence-corrected chi connectivity index (χ1v) is 8.59. The van der Waals surface area contributed by atoms with Crippen LogP contribution in [0.3, 0.4) is 0 Å². The number of benzene rings is 2. The minimum absolute atomic E-state index is 0.307. The SMILES string of the molecule is COc1ccc(Cl)cc1Nc1ncnc(Nc2cc(Cl)ccc2OC)c1N. The summed E-state index contributed by atoms with van der Waals surface area (Å²) in [7, 11) is 3.13. The van der Waals surface area contributed by atoms with Gasteiger partial charge in [0.2, 0.25) is 0 Å². The van der Waals surface area contributed by atoms with Crippen LogP contribution in [0, 0.1) is 0 Å². The lowest BCUT2D eigenvalue weighted by Gasteiger charge is -2.16. The first-order valence-electron chi connectivity index (χ1n) is 7.83. The Morgan fingerprint density at radius 2 is 1.26 bits per heavy atom. The highest BCUT2D eigenvalue weighted by Crippen LogP contribution is 2.35. The average Bonchev–Trinajstić information content (AvgIpc) is 2.65. The monoisotopic (exact) mass is 405 g/mol. The zero-order valence-electron chi connectivity index (χ0n) is 14.6. The molecule has 0 saturated heterocycles. The second-order valence-electron chi connectivity index (χ2n) is 5.42. The Hall–Kier alpha value is -2.90. The fourth-order valence-electron chi connectivity index (χ4n) is 2.41. The molecular formula is C18H17Cl2N5O2. The molecule has 0 aliphatic carbocycles. The number of rotatable bonds is 6. The third-order valence-corrected chi connectivity index (χ3v) is 4.18. The normalized spacial score (nSPS) is 10.4. The number of halogens is 2. The molecule has 0 fully saturated rings. The van der Waals surface area contributed by atoms with Gasteiger partial charge in [-0.05, 0) is 36.4 Å². The molecule has 0 aliphatic rings. The minimum Gasteiger partial charge on any atom is -0.495 e. The summed E-state index contributed by atoms with van der Waals surface area (Å²) in [4.78, 5) is 8.40. The van der Waals surface area contributed by atoms with Crippen molar-refractivity contribution >= 4 is 51.9 Å². The highest BCUT2D eigenvalue weighted by molar-refractivity contribution is 6.31. The van der Waals surface area contributed by atoms with E-state index in [0.29, 0.717) is 50.2 Å². The molecule has 2 aromatic carbocycles. The molecule has 3 aromatic rings. The molecule has 0 saturated carbocycles. The van der Waals surface area contributed by atoms with Gasteiger partial charge >= 0.3 is 0 Å². The van der Waals surface area contributed by atoms with E-state index in [-0.39, 0.29) is 0 Å². The van der Waals surface area contributed by atoms with Crippen LogP contribution in [0.4, 0.5) is 28.7 Å². The number of nitrogens with two attached hydrogens (primary N) is 1. The van der Waals surface area contributed by atoms with E-state index >= 15 is 0 Å². The summed E-state index contributed by atoms with van der Waals surface area (Å²) < 4.78 is 10.7. The van der Waals surface area contributed by atoms with Gasteiger partial charge in [0.15, 0.2) is 11.6 Å². The Labute approximate surface area is 166 Å². The standard InChI is InChI=1S/C18H17Cl2N5O2/c1-26-14-5-3-10(19)7-12(14)24-17-16(21)18(23-9-22-17)25-13-8-11(20)4-6-15(13)27-2/h3-9H,21H2,1-2H3,(H2,22,23,24,25). The summed E-state index contributed by atoms with van der Waals surface area (Å²) in [5.41, 5.74) is 7.80. The molecule has 3 rings (SSSR count). The number of hydrogen-bond acceptors (Lipinski definition) is 7. The lowest BCUT2D eigenvalue weighted by atomic mass is 10.2. The number of ether oxygens (including phenoxy) is 2. The number of nitrogens with one attached hydrogen (secondary N) is 2. The number of anilines is 5. The van der Waals surface area contributed by atoms with Gasteiger partial charge in [-0.2, -0.15) is 0 Å². The highest BCUT2D eigenvalue weighted by Gasteiger charge is 2.13. The molecule has 0 bridgehead atoms. The number of nitrogen functional groups attached to an aromatic ring is 1. The van der Waals surface area contributed by atoms with Gasteiger partial charge < -0.3 is 25.8 Å². The lowest BCUT2D eigenvalue weighted by molar-refractivity contribution is 0.417. The number of aromatic nitrogens is 2. The van der Waals surface area contributed by atoms with Gasteiger partial charge in [0.25, 0.3) is 0 Å². The fourth-order valence-corrected chi connectivity index (χ4v) is 2.75. The van der Waals surface area contributed by atoms with Crippen LogP contribution in [0.1, 0.15) is 0 Å². The Morgan fingerprint density at radius 3 is 1.67 bits per heavy atom. The number of nitrogens with zero attached hydrogens (tertiary/aromatic N) is 2. The number of methoxy groups -OCH3 is 2. The molecule has 9 heteroatoms. The van der Waals surface area contributed by atoms with Gasteiger partial charge in [0.1, 0.15) is 23.5 Å². The summed E-state index contributed by atoms with van der Waals surface area (Å²) in [5.74, 6) is 2.00. The molecular weight excluding hydrogens is 389 g/mol. The lowest BCUT2D eigenvalue weighted by Crippen LogP contribution is -2.06. The smallest absolute Gasteiger partial charge is 0.159 e. The molecule has 0 amide bonds. The molecule has 1 heterocycles. The van der Waals surface area contributed by atoms with Crippen molar-refractivity contribution in [2.45, 2.75) is 0 Å². The highest BCUT2D eigenvalue weighted by atomic mass is 35.5. The van der Waals surface area contributed by atoms with Crippen molar-refractivity contribution in [3.05, 3.63) is 52.8 Å². The van der Waals surface area contributed by atoms with Gasteiger partial charge in [0.05, 0.1) is 25.6 Å². The molecule has 0 spiro atoms. The maximum atomic E-state index is 6.24. The van der Waals surface area contributed by atoms with E-state index in [2.05, 4.69) is 20.6 Å². The predicted molar refractivity (Wildman–Crippen MR) is 109 cm³/mol. The summed E-state index contributed by atoms with van der Waals surface area (Å²) >= 11 is 12.1. The van der Waals surface area contributed by atoms with Crippen LogP contribution in [0.15, 0.2) is 42.7 Å². The third-order valence-electron chi connectivity index (χ3n) is 3.71. The van der Waals surface area contributed by atoms with Crippen molar-refractivity contribution in [3.63, 3.8) is 0 Å². The van der Waals surface area contributed by atoms with E-state index in [1.807, 2.05) is 0 Å². The summed E-state index contributed by atoms with van der Waals surface area (Å²) in [6.07, 6.45) is 1.38. The topological polar surface area (TPSA) is 94.3 Å². The molecule has 0 aliphatic heterocycles. The van der Waals surface area contributed by atoms with Gasteiger partial charge in [-0.1, -0.05) is 23.2 Å². The van der Waals surface area contributed by atoms with Crippen LogP contribution >= 0.6 is 23.2 Å². The average molecular weight is 406 g/mol. The maximum absolute atomic E-state index is 6.24. The molecule has 0 radical (unpaired) electrons. The van der Waals surface area contributed by atoms with Crippen LogP contribution in [0.25, 0.3) is 0 Å². The summed E-state index contributed by atoms with van der Waals surface area (Å²) in [6, 6.07) is 10.4. The van der Waals surface area contributed by atoms with Gasteiger partial charge in [-0.15, -0.1) is 0 Å². The number of hydrogen-bond donors (Lipinski definition) is 3. The van der Waals surface area contributed by atoms with Gasteiger partial charge in [-0.25, -0.2) is 9.97 Å². The van der Waals surface area contributed by atoms with Crippen molar-refractivity contribution in [1.82, 2.24) is 9.97 Å². The Balaban J connectivity index is 1.93. The Kier molecular flexibility index (Phi) is 5.73. The van der Waals surface area contributed by atoms with Crippen molar-refractivity contribution in [2.24, 2.45) is 0 Å². The van der Waals surface area contributed by atoms with E-state index in [1.165, 1.54) is 6.33 Å². The van der Waals surface area contributed by atoms with E-state index in [0.717, 1.165) is 0 Å². The van der Waals surface area contributed by atoms with Gasteiger partial charge in [-0.3, -0.25) is 0 Å². The molecule has 1 aromatic heterocycles. The fraction of sp³-hybridized carbons (Fsp3) is 0.111. The quantitative estimate of drug-likeness (QED) is 0.538. The van der Waals surface area contributed by atoms with Gasteiger partial charge in [0, 0.05) is 10.0 Å². The van der Waals surface area contributed by atoms with Crippen molar-refractivity contribution in [3.8, 4) is 11.5 Å². The summed E-state index contributed by atoms with van der Waals surface area (Å²) in [6.45, 7) is 0. The van der Waals surface area contributed by atoms with Crippen LogP contribution in [-0.4, -0.2) is 24.2 Å². The van der Waals surface area contributed by atoms with Crippen molar-refractivity contribution in [1.29, 1.82) is 0 Å². The molecule has 0 atom stereocenters. The second kappa shape index (κ2) is 8.20. The molecule has 27 heavy (non-hydrogen) atoms. The van der Waals surface area contributed by atoms with E-state index in [4.69, 9.17) is 38.4 Å². The maximum Gasteiger partial charge on any atom is 0.159 e. The van der Waals surface area contributed by atoms with Crippen LogP contribution < -0.4 is 25.8 Å². The van der Waals surface area contributed by atoms with Crippen LogP contribution in [0.5, 0.6) is 11.5 Å². The van der Waals surface area contributed by atoms with Crippen LogP contribution in [0.2, 0.25) is 10.0 Å². The van der Waals surface area contributed by atoms with E-state index in [9.17, 15) is 0 Å². The minimum atomic E-state index is 0.307. The Bertz CT molecular complexity index is 895. The predicted octanol–water partition coefficient (Wildman–Crippen LogP) is 4.87. The third kappa shape index (κ3) is 4.27. The zero-order chi connectivity index (χ0) is 19.4. The largest absolute Gasteiger partial charge is 0.495 e. The van der Waals surface area contributed by atoms with Crippen molar-refractivity contribution in [2.75, 3.05) is 30.6 Å². The first kappa shape index (κ1) is 18.9. The van der Waals surface area contributed by atoms with Crippen molar-refractivity contribution < 1.29 is 9.47 Å². The molecule has 140 valence electrons. The first-order chi connectivity index (χ1) is 13.0. The zero-order valence-corrected chi connectivity index (χ0v) is 16.1. The molecule has 4 N–H and O–H groups in total. The Morgan fingerprint density at radius 1 is 0.815 bits per heavy atom. The van der Waals surface area contributed by atoms with E-state index < -0.39 is 0 Å². The summed E-state index contributed by atoms with van der Waals surface area (Å²) in [5, 5.41) is 7.33. The second-order valence-corrected chi connectivity index (χ2v) is 6.30. The molecule has 0 unspecified atom stereocenters.